The molecule has 1 aliphatic heterocycles. The van der Waals surface area contributed by atoms with Gasteiger partial charge in [0, 0.05) is 30.6 Å². The lowest BCUT2D eigenvalue weighted by Gasteiger charge is -2.10. The van der Waals surface area contributed by atoms with Crippen LogP contribution < -0.4 is 16.0 Å². The van der Waals surface area contributed by atoms with Crippen LogP contribution in [0.15, 0.2) is 61.1 Å². The second-order valence-electron chi connectivity index (χ2n) is 9.40. The van der Waals surface area contributed by atoms with Gasteiger partial charge in [0.15, 0.2) is 5.82 Å². The summed E-state index contributed by atoms with van der Waals surface area (Å²) in [4.78, 5) is 21.4. The van der Waals surface area contributed by atoms with Crippen LogP contribution in [-0.4, -0.2) is 51.1 Å². The SMILES string of the molecule is CCNC(=O)O[C@@H]1CN[C@H](C#Cc2cc3ncnc(Nc4ccc5c(cnn5Cc5cccc(F)c5)c4)c3s2)C1. The molecule has 1 saturated heterocycles. The molecule has 0 unspecified atom stereocenters. The number of nitrogens with zero attached hydrogens (tertiary/aromatic N) is 4. The summed E-state index contributed by atoms with van der Waals surface area (Å²) in [6.07, 6.45) is 3.38. The molecule has 40 heavy (non-hydrogen) atoms. The largest absolute Gasteiger partial charge is 0.445 e. The highest BCUT2D eigenvalue weighted by molar-refractivity contribution is 7.20. The summed E-state index contributed by atoms with van der Waals surface area (Å²) in [5.74, 6) is 6.92. The number of halogens is 1. The molecule has 1 amide bonds. The summed E-state index contributed by atoms with van der Waals surface area (Å²) in [5, 5.41) is 14.8. The van der Waals surface area contributed by atoms with Gasteiger partial charge in [0.1, 0.15) is 18.2 Å². The third kappa shape index (κ3) is 5.73. The standard InChI is InChI=1S/C29H26FN7O2S/c1-2-31-29(38)39-23-12-21(32-15-23)6-8-24-13-25-27(40-24)28(34-17-33-25)36-22-7-9-26-19(11-22)14-35-37(26)16-18-4-3-5-20(30)10-18/h3-5,7,9-11,13-14,17,21,23,32H,2,12,15-16H2,1H3,(H,31,38)(H,33,34,36)/t21-,23+/m1/s1. The van der Waals surface area contributed by atoms with E-state index >= 15 is 0 Å². The maximum absolute atomic E-state index is 13.6. The number of anilines is 2. The summed E-state index contributed by atoms with van der Waals surface area (Å²) in [7, 11) is 0. The van der Waals surface area contributed by atoms with Gasteiger partial charge in [0.2, 0.25) is 0 Å². The average Bonchev–Trinajstić information content (AvgIpc) is 3.67. The Morgan fingerprint density at radius 3 is 3.05 bits per heavy atom. The highest BCUT2D eigenvalue weighted by Crippen LogP contribution is 2.31. The minimum atomic E-state index is -0.400. The van der Waals surface area contributed by atoms with Crippen molar-refractivity contribution in [2.24, 2.45) is 0 Å². The summed E-state index contributed by atoms with van der Waals surface area (Å²) in [6, 6.07) is 14.4. The van der Waals surface area contributed by atoms with E-state index in [9.17, 15) is 9.18 Å². The predicted molar refractivity (Wildman–Crippen MR) is 153 cm³/mol. The Labute approximate surface area is 233 Å². The minimum Gasteiger partial charge on any atom is -0.445 e. The molecule has 0 aliphatic carbocycles. The smallest absolute Gasteiger partial charge is 0.407 e. The minimum absolute atomic E-state index is 0.0538. The molecular formula is C29H26FN7O2S. The molecule has 6 rings (SSSR count). The van der Waals surface area contributed by atoms with Crippen LogP contribution in [0.5, 0.6) is 0 Å². The van der Waals surface area contributed by atoms with Crippen molar-refractivity contribution in [1.29, 1.82) is 0 Å². The molecule has 4 heterocycles. The zero-order valence-corrected chi connectivity index (χ0v) is 22.5. The first-order chi connectivity index (χ1) is 19.5. The number of benzene rings is 2. The number of ether oxygens (including phenoxy) is 1. The van der Waals surface area contributed by atoms with Crippen molar-refractivity contribution in [3.63, 3.8) is 0 Å². The van der Waals surface area contributed by atoms with Crippen molar-refractivity contribution in [3.05, 3.63) is 77.3 Å². The molecule has 202 valence electrons. The Bertz CT molecular complexity index is 1760. The first kappa shape index (κ1) is 25.7. The van der Waals surface area contributed by atoms with Crippen LogP contribution in [0.1, 0.15) is 23.8 Å². The number of amides is 1. The Morgan fingerprint density at radius 2 is 2.17 bits per heavy atom. The van der Waals surface area contributed by atoms with E-state index in [0.717, 1.165) is 37.2 Å². The van der Waals surface area contributed by atoms with Crippen molar-refractivity contribution in [2.45, 2.75) is 32.0 Å². The van der Waals surface area contributed by atoms with Crippen molar-refractivity contribution in [1.82, 2.24) is 30.4 Å². The average molecular weight is 556 g/mol. The fourth-order valence-corrected chi connectivity index (χ4v) is 5.56. The van der Waals surface area contributed by atoms with Crippen LogP contribution in [0.25, 0.3) is 21.1 Å². The summed E-state index contributed by atoms with van der Waals surface area (Å²) >= 11 is 1.52. The number of fused-ring (bicyclic) bond motifs is 2. The van der Waals surface area contributed by atoms with Gasteiger partial charge < -0.3 is 15.4 Å². The quantitative estimate of drug-likeness (QED) is 0.259. The summed E-state index contributed by atoms with van der Waals surface area (Å²) < 4.78 is 21.7. The fraction of sp³-hybridized carbons (Fsp3) is 0.241. The molecule has 2 atom stereocenters. The molecule has 1 fully saturated rings. The molecule has 0 radical (unpaired) electrons. The highest BCUT2D eigenvalue weighted by atomic mass is 32.1. The Hall–Kier alpha value is -4.53. The molecule has 3 aromatic heterocycles. The van der Waals surface area contributed by atoms with E-state index in [1.54, 1.807) is 12.3 Å². The van der Waals surface area contributed by atoms with E-state index in [1.165, 1.54) is 29.8 Å². The van der Waals surface area contributed by atoms with Gasteiger partial charge in [0.05, 0.1) is 39.4 Å². The van der Waals surface area contributed by atoms with E-state index < -0.39 is 6.09 Å². The van der Waals surface area contributed by atoms with Gasteiger partial charge in [-0.05, 0) is 48.9 Å². The highest BCUT2D eigenvalue weighted by Gasteiger charge is 2.25. The first-order valence-electron chi connectivity index (χ1n) is 12.9. The van der Waals surface area contributed by atoms with Gasteiger partial charge in [-0.3, -0.25) is 10.00 Å². The lowest BCUT2D eigenvalue weighted by molar-refractivity contribution is 0.107. The summed E-state index contributed by atoms with van der Waals surface area (Å²) in [5.41, 5.74) is 3.48. The van der Waals surface area contributed by atoms with Crippen molar-refractivity contribution in [2.75, 3.05) is 18.4 Å². The van der Waals surface area contributed by atoms with Crippen molar-refractivity contribution >= 4 is 50.1 Å². The first-order valence-corrected chi connectivity index (χ1v) is 13.8. The summed E-state index contributed by atoms with van der Waals surface area (Å²) in [6.45, 7) is 3.45. The van der Waals surface area contributed by atoms with Gasteiger partial charge in [0.25, 0.3) is 0 Å². The molecule has 2 aromatic carbocycles. The van der Waals surface area contributed by atoms with Crippen LogP contribution in [0.3, 0.4) is 0 Å². The van der Waals surface area contributed by atoms with E-state index in [-0.39, 0.29) is 18.0 Å². The number of alkyl carbamates (subject to hydrolysis) is 1. The monoisotopic (exact) mass is 555 g/mol. The zero-order chi connectivity index (χ0) is 27.5. The van der Waals surface area contributed by atoms with Crippen LogP contribution in [0.4, 0.5) is 20.7 Å². The Balaban J connectivity index is 1.16. The molecule has 5 aromatic rings. The van der Waals surface area contributed by atoms with Gasteiger partial charge in [-0.2, -0.15) is 5.10 Å². The Kier molecular flexibility index (Phi) is 7.27. The number of carbonyl (C=O) groups excluding carboxylic acids is 1. The number of hydrogen-bond donors (Lipinski definition) is 3. The molecule has 3 N–H and O–H groups in total. The molecule has 1 aliphatic rings. The van der Waals surface area contributed by atoms with Gasteiger partial charge in [-0.1, -0.05) is 24.0 Å². The van der Waals surface area contributed by atoms with E-state index in [0.29, 0.717) is 31.9 Å². The van der Waals surface area contributed by atoms with Crippen molar-refractivity contribution < 1.29 is 13.9 Å². The van der Waals surface area contributed by atoms with Crippen molar-refractivity contribution in [3.8, 4) is 11.8 Å². The molecule has 0 saturated carbocycles. The molecular weight excluding hydrogens is 529 g/mol. The second kappa shape index (κ2) is 11.3. The topological polar surface area (TPSA) is 106 Å². The number of rotatable bonds is 6. The van der Waals surface area contributed by atoms with Gasteiger partial charge in [-0.15, -0.1) is 11.3 Å². The number of thiophene rings is 1. The molecule has 9 nitrogen and oxygen atoms in total. The Morgan fingerprint density at radius 1 is 1.25 bits per heavy atom. The third-order valence-corrected chi connectivity index (χ3v) is 7.54. The van der Waals surface area contributed by atoms with Gasteiger partial charge >= 0.3 is 6.09 Å². The van der Waals surface area contributed by atoms with Crippen LogP contribution >= 0.6 is 11.3 Å². The second-order valence-corrected chi connectivity index (χ2v) is 10.5. The third-order valence-electron chi connectivity index (χ3n) is 6.49. The fourth-order valence-electron chi connectivity index (χ4n) is 4.64. The molecule has 0 bridgehead atoms. The number of nitrogens with one attached hydrogen (secondary N) is 3. The lowest BCUT2D eigenvalue weighted by atomic mass is 10.2. The number of carbonyl (C=O) groups is 1. The van der Waals surface area contributed by atoms with Gasteiger partial charge in [-0.25, -0.2) is 19.2 Å². The maximum Gasteiger partial charge on any atom is 0.407 e. The van der Waals surface area contributed by atoms with E-state index in [4.69, 9.17) is 4.74 Å². The zero-order valence-electron chi connectivity index (χ0n) is 21.6. The number of hydrogen-bond acceptors (Lipinski definition) is 8. The maximum atomic E-state index is 13.6. The molecule has 11 heteroatoms. The van der Waals surface area contributed by atoms with Crippen LogP contribution in [0, 0.1) is 17.7 Å². The predicted octanol–water partition coefficient (Wildman–Crippen LogP) is 4.80. The normalized spacial score (nSPS) is 16.6. The number of aromatic nitrogens is 4. The molecule has 0 spiro atoms. The van der Waals surface area contributed by atoms with Crippen LogP contribution in [0.2, 0.25) is 0 Å². The van der Waals surface area contributed by atoms with Crippen LogP contribution in [-0.2, 0) is 11.3 Å². The van der Waals surface area contributed by atoms with E-state index in [1.807, 2.05) is 41.9 Å². The van der Waals surface area contributed by atoms with E-state index in [2.05, 4.69) is 42.9 Å². The lowest BCUT2D eigenvalue weighted by Crippen LogP contribution is -2.29.